The molecule has 3 aromatic rings. The fourth-order valence-corrected chi connectivity index (χ4v) is 2.92. The molecule has 12 heteroatoms. The molecule has 1 aromatic carbocycles. The number of alkyl halides is 3. The Bertz CT molecular complexity index is 1070. The number of carbonyl (C=O) groups is 1. The van der Waals surface area contributed by atoms with Gasteiger partial charge in [0.05, 0.1) is 24.1 Å². The molecule has 0 aliphatic rings. The maximum Gasteiger partial charge on any atom is 0.416 e. The van der Waals surface area contributed by atoms with Crippen molar-refractivity contribution in [2.24, 2.45) is 0 Å². The number of carbonyl (C=O) groups excluding carboxylic acids is 1. The molecule has 3 rings (SSSR count). The second-order valence-electron chi connectivity index (χ2n) is 5.82. The Hall–Kier alpha value is -2.76. The fraction of sp³-hybridized carbons (Fsp3) is 0.176. The van der Waals surface area contributed by atoms with Gasteiger partial charge in [0.1, 0.15) is 5.56 Å². The van der Waals surface area contributed by atoms with E-state index in [-0.39, 0.29) is 5.69 Å². The molecule has 0 bridgehead atoms. The van der Waals surface area contributed by atoms with E-state index < -0.39 is 35.9 Å². The van der Waals surface area contributed by atoms with Gasteiger partial charge in [-0.3, -0.25) is 9.59 Å². The zero-order valence-corrected chi connectivity index (χ0v) is 15.9. The molecule has 0 aliphatic carbocycles. The monoisotopic (exact) mass is 444 g/mol. The Balaban J connectivity index is 2.02. The van der Waals surface area contributed by atoms with Crippen LogP contribution in [0.2, 0.25) is 5.02 Å². The summed E-state index contributed by atoms with van der Waals surface area (Å²) in [5.41, 5.74) is -0.252. The SMILES string of the molecule is O=C(NCC(O)C(F)(F)F)c1cc(-c2ccc(Cl)cc2)nn(-c2cnsc2)c1=O. The number of amides is 1. The highest BCUT2D eigenvalue weighted by atomic mass is 35.5. The van der Waals surface area contributed by atoms with Crippen LogP contribution in [0.1, 0.15) is 10.4 Å². The van der Waals surface area contributed by atoms with Crippen LogP contribution in [0.3, 0.4) is 0 Å². The van der Waals surface area contributed by atoms with Crippen LogP contribution in [-0.2, 0) is 0 Å². The molecule has 0 aliphatic heterocycles. The zero-order valence-electron chi connectivity index (χ0n) is 14.4. The molecule has 2 aromatic heterocycles. The molecule has 0 radical (unpaired) electrons. The van der Waals surface area contributed by atoms with Crippen LogP contribution in [0.15, 0.2) is 46.7 Å². The third kappa shape index (κ3) is 4.81. The lowest BCUT2D eigenvalue weighted by atomic mass is 10.1. The Labute approximate surface area is 170 Å². The average Bonchev–Trinajstić information content (AvgIpc) is 3.20. The molecular formula is C17H12ClF3N4O3S. The number of benzene rings is 1. The molecular weight excluding hydrogens is 433 g/mol. The largest absolute Gasteiger partial charge is 0.416 e. The summed E-state index contributed by atoms with van der Waals surface area (Å²) >= 11 is 6.92. The minimum atomic E-state index is -4.90. The Kier molecular flexibility index (Phi) is 6.01. The number of hydrogen-bond donors (Lipinski definition) is 2. The van der Waals surface area contributed by atoms with Gasteiger partial charge in [0.15, 0.2) is 6.10 Å². The molecule has 1 atom stereocenters. The van der Waals surface area contributed by atoms with E-state index in [2.05, 4.69) is 9.47 Å². The highest BCUT2D eigenvalue weighted by molar-refractivity contribution is 7.03. The van der Waals surface area contributed by atoms with Crippen LogP contribution in [0.5, 0.6) is 0 Å². The van der Waals surface area contributed by atoms with Crippen molar-refractivity contribution < 1.29 is 23.1 Å². The van der Waals surface area contributed by atoms with Crippen LogP contribution < -0.4 is 10.9 Å². The normalized spacial score (nSPS) is 12.6. The molecule has 2 heterocycles. The Morgan fingerprint density at radius 1 is 1.31 bits per heavy atom. The number of hydrogen-bond acceptors (Lipinski definition) is 6. The van der Waals surface area contributed by atoms with E-state index >= 15 is 0 Å². The van der Waals surface area contributed by atoms with Gasteiger partial charge in [0.25, 0.3) is 11.5 Å². The Morgan fingerprint density at radius 3 is 2.59 bits per heavy atom. The second kappa shape index (κ2) is 8.31. The summed E-state index contributed by atoms with van der Waals surface area (Å²) in [6, 6.07) is 7.55. The number of nitrogens with zero attached hydrogens (tertiary/aromatic N) is 3. The zero-order chi connectivity index (χ0) is 21.2. The third-order valence-electron chi connectivity index (χ3n) is 3.79. The first kappa shape index (κ1) is 21.0. The number of aliphatic hydroxyl groups excluding tert-OH is 1. The van der Waals surface area contributed by atoms with E-state index in [1.54, 1.807) is 24.3 Å². The van der Waals surface area contributed by atoms with Gasteiger partial charge < -0.3 is 10.4 Å². The molecule has 0 saturated heterocycles. The topological polar surface area (TPSA) is 97.1 Å². The third-order valence-corrected chi connectivity index (χ3v) is 4.62. The molecule has 2 N–H and O–H groups in total. The van der Waals surface area contributed by atoms with Gasteiger partial charge in [-0.1, -0.05) is 23.7 Å². The number of aliphatic hydroxyl groups is 1. The van der Waals surface area contributed by atoms with Gasteiger partial charge >= 0.3 is 6.18 Å². The molecule has 0 spiro atoms. The summed E-state index contributed by atoms with van der Waals surface area (Å²) in [5.74, 6) is -1.08. The molecule has 152 valence electrons. The predicted molar refractivity (Wildman–Crippen MR) is 100 cm³/mol. The molecule has 7 nitrogen and oxygen atoms in total. The van der Waals surface area contributed by atoms with Crippen LogP contribution in [0, 0.1) is 0 Å². The van der Waals surface area contributed by atoms with Gasteiger partial charge in [-0.2, -0.15) is 27.3 Å². The van der Waals surface area contributed by atoms with Crippen molar-refractivity contribution in [2.75, 3.05) is 6.54 Å². The minimum absolute atomic E-state index is 0.217. The van der Waals surface area contributed by atoms with Crippen molar-refractivity contribution in [3.63, 3.8) is 0 Å². The van der Waals surface area contributed by atoms with Crippen LogP contribution in [0.4, 0.5) is 13.2 Å². The minimum Gasteiger partial charge on any atom is -0.382 e. The van der Waals surface area contributed by atoms with E-state index in [0.29, 0.717) is 16.3 Å². The maximum absolute atomic E-state index is 12.7. The fourth-order valence-electron chi connectivity index (χ4n) is 2.30. The maximum atomic E-state index is 12.7. The van der Waals surface area contributed by atoms with E-state index in [4.69, 9.17) is 16.7 Å². The van der Waals surface area contributed by atoms with E-state index in [1.165, 1.54) is 11.6 Å². The number of aromatic nitrogens is 3. The van der Waals surface area contributed by atoms with Gasteiger partial charge in [-0.25, -0.2) is 0 Å². The van der Waals surface area contributed by atoms with E-state index in [1.807, 2.05) is 5.32 Å². The predicted octanol–water partition coefficient (Wildman–Crippen LogP) is 2.66. The molecule has 1 unspecified atom stereocenters. The first-order chi connectivity index (χ1) is 13.7. The van der Waals surface area contributed by atoms with Gasteiger partial charge in [0, 0.05) is 16.0 Å². The van der Waals surface area contributed by atoms with Crippen LogP contribution in [-0.4, -0.2) is 44.0 Å². The first-order valence-corrected chi connectivity index (χ1v) is 9.21. The van der Waals surface area contributed by atoms with Crippen molar-refractivity contribution in [1.82, 2.24) is 19.5 Å². The number of halogens is 4. The van der Waals surface area contributed by atoms with Crippen molar-refractivity contribution in [2.45, 2.75) is 12.3 Å². The van der Waals surface area contributed by atoms with E-state index in [9.17, 15) is 22.8 Å². The molecule has 29 heavy (non-hydrogen) atoms. The van der Waals surface area contributed by atoms with Crippen molar-refractivity contribution in [1.29, 1.82) is 0 Å². The number of rotatable bonds is 5. The summed E-state index contributed by atoms with van der Waals surface area (Å²) in [5, 5.41) is 17.2. The lowest BCUT2D eigenvalue weighted by Gasteiger charge is -2.15. The quantitative estimate of drug-likeness (QED) is 0.630. The Morgan fingerprint density at radius 2 is 2.00 bits per heavy atom. The van der Waals surface area contributed by atoms with Gasteiger partial charge in [-0.15, -0.1) is 0 Å². The molecule has 0 saturated carbocycles. The smallest absolute Gasteiger partial charge is 0.382 e. The van der Waals surface area contributed by atoms with Crippen LogP contribution >= 0.6 is 23.1 Å². The first-order valence-electron chi connectivity index (χ1n) is 8.00. The summed E-state index contributed by atoms with van der Waals surface area (Å²) in [6.45, 7) is -1.10. The lowest BCUT2D eigenvalue weighted by Crippen LogP contribution is -2.42. The van der Waals surface area contributed by atoms with Crippen molar-refractivity contribution in [3.8, 4) is 16.9 Å². The summed E-state index contributed by atoms with van der Waals surface area (Å²) < 4.78 is 42.2. The van der Waals surface area contributed by atoms with Gasteiger partial charge in [-0.05, 0) is 29.7 Å². The summed E-state index contributed by atoms with van der Waals surface area (Å²) in [4.78, 5) is 25.1. The average molecular weight is 445 g/mol. The highest BCUT2D eigenvalue weighted by Crippen LogP contribution is 2.21. The van der Waals surface area contributed by atoms with Crippen molar-refractivity contribution in [3.05, 3.63) is 62.8 Å². The summed E-state index contributed by atoms with van der Waals surface area (Å²) in [6.07, 6.45) is -6.30. The number of nitrogens with one attached hydrogen (secondary N) is 1. The van der Waals surface area contributed by atoms with Crippen LogP contribution in [0.25, 0.3) is 16.9 Å². The molecule has 1 amide bonds. The lowest BCUT2D eigenvalue weighted by molar-refractivity contribution is -0.201. The van der Waals surface area contributed by atoms with E-state index in [0.717, 1.165) is 22.3 Å². The standard InChI is InChI=1S/C17H12ClF3N4O3S/c18-10-3-1-9(2-4-10)13-5-12(15(27)22-7-14(26)17(19,20)21)16(28)25(24-13)11-6-23-29-8-11/h1-6,8,14,26H,7H2,(H,22,27). The molecule has 0 fully saturated rings. The summed E-state index contributed by atoms with van der Waals surface area (Å²) in [7, 11) is 0. The van der Waals surface area contributed by atoms with Gasteiger partial charge in [0.2, 0.25) is 0 Å². The second-order valence-corrected chi connectivity index (χ2v) is 6.91. The van der Waals surface area contributed by atoms with Crippen molar-refractivity contribution >= 4 is 29.0 Å². The highest BCUT2D eigenvalue weighted by Gasteiger charge is 2.38.